The number of anilines is 1. The van der Waals surface area contributed by atoms with Crippen molar-refractivity contribution in [1.29, 1.82) is 0 Å². The fourth-order valence-electron chi connectivity index (χ4n) is 5.91. The summed E-state index contributed by atoms with van der Waals surface area (Å²) in [6, 6.07) is 24.6. The first-order valence-electron chi connectivity index (χ1n) is 12.8. The molecule has 1 unspecified atom stereocenters. The largest absolute Gasteiger partial charge is 0.450 e. The van der Waals surface area contributed by atoms with E-state index in [1.165, 1.54) is 11.0 Å². The van der Waals surface area contributed by atoms with E-state index >= 15 is 0 Å². The van der Waals surface area contributed by atoms with Crippen LogP contribution in [-0.2, 0) is 23.4 Å². The molecule has 41 heavy (non-hydrogen) atoms. The molecule has 1 spiro atoms. The average molecular weight is 585 g/mol. The van der Waals surface area contributed by atoms with Gasteiger partial charge in [0.05, 0.1) is 23.2 Å². The van der Waals surface area contributed by atoms with Crippen LogP contribution in [0.3, 0.4) is 0 Å². The molecule has 5 aromatic rings. The Labute approximate surface area is 243 Å². The maximum absolute atomic E-state index is 14.8. The van der Waals surface area contributed by atoms with Crippen molar-refractivity contribution in [3.8, 4) is 0 Å². The lowest BCUT2D eigenvalue weighted by Gasteiger charge is -2.34. The molecule has 1 aromatic heterocycles. The molecule has 2 amide bonds. The number of hydrogen-bond acceptors (Lipinski definition) is 4. The SMILES string of the molecule is O=C1c2oc3ccc(F)cc3c(=O)c2C2(C(=O)N(Cc3ccc(Cl)cc3)c3ccccc32)N1Cc1ccccc1Cl. The Bertz CT molecular complexity index is 1970. The fourth-order valence-corrected chi connectivity index (χ4v) is 6.23. The quantitative estimate of drug-likeness (QED) is 0.236. The van der Waals surface area contributed by atoms with E-state index in [0.29, 0.717) is 26.9 Å². The monoisotopic (exact) mass is 584 g/mol. The Morgan fingerprint density at radius 1 is 0.829 bits per heavy atom. The van der Waals surface area contributed by atoms with Crippen LogP contribution in [0.1, 0.15) is 32.8 Å². The number of benzene rings is 4. The lowest BCUT2D eigenvalue weighted by Crippen LogP contribution is -2.53. The van der Waals surface area contributed by atoms with E-state index in [-0.39, 0.29) is 35.4 Å². The second-order valence-electron chi connectivity index (χ2n) is 10.0. The van der Waals surface area contributed by atoms with Gasteiger partial charge >= 0.3 is 0 Å². The number of nitrogens with zero attached hydrogens (tertiary/aromatic N) is 2. The Morgan fingerprint density at radius 2 is 1.56 bits per heavy atom. The van der Waals surface area contributed by atoms with E-state index in [1.54, 1.807) is 65.6 Å². The number of fused-ring (bicyclic) bond motifs is 5. The summed E-state index contributed by atoms with van der Waals surface area (Å²) >= 11 is 12.6. The van der Waals surface area contributed by atoms with Crippen molar-refractivity contribution < 1.29 is 18.4 Å². The maximum Gasteiger partial charge on any atom is 0.291 e. The van der Waals surface area contributed by atoms with E-state index in [0.717, 1.165) is 17.7 Å². The zero-order valence-electron chi connectivity index (χ0n) is 21.2. The third kappa shape index (κ3) is 3.66. The molecule has 7 rings (SSSR count). The van der Waals surface area contributed by atoms with Gasteiger partial charge in [-0.25, -0.2) is 4.39 Å². The standard InChI is InChI=1S/C32H19Cl2FN2O4/c33-20-11-9-18(10-12-20)16-36-25-8-4-2-6-23(25)32(31(36)40)27-28(38)22-15-21(35)13-14-26(22)41-29(27)30(39)37(32)17-19-5-1-3-7-24(19)34/h1-15H,16-17H2. The molecule has 0 aliphatic carbocycles. The lowest BCUT2D eigenvalue weighted by atomic mass is 9.83. The zero-order chi connectivity index (χ0) is 28.5. The van der Waals surface area contributed by atoms with Crippen molar-refractivity contribution in [2.24, 2.45) is 0 Å². The summed E-state index contributed by atoms with van der Waals surface area (Å²) in [5.41, 5.74) is -0.234. The second-order valence-corrected chi connectivity index (χ2v) is 10.8. The van der Waals surface area contributed by atoms with Crippen LogP contribution < -0.4 is 10.3 Å². The number of para-hydroxylation sites is 1. The first kappa shape index (κ1) is 25.5. The molecular weight excluding hydrogens is 566 g/mol. The van der Waals surface area contributed by atoms with Crippen LogP contribution >= 0.6 is 23.2 Å². The molecule has 0 radical (unpaired) electrons. The number of rotatable bonds is 4. The highest BCUT2D eigenvalue weighted by Crippen LogP contribution is 2.53. The first-order valence-corrected chi connectivity index (χ1v) is 13.5. The minimum Gasteiger partial charge on any atom is -0.450 e. The van der Waals surface area contributed by atoms with Gasteiger partial charge in [-0.3, -0.25) is 14.4 Å². The zero-order valence-corrected chi connectivity index (χ0v) is 22.7. The maximum atomic E-state index is 14.8. The van der Waals surface area contributed by atoms with Gasteiger partial charge in [0, 0.05) is 22.2 Å². The summed E-state index contributed by atoms with van der Waals surface area (Å²) in [6.45, 7) is 0.0769. The van der Waals surface area contributed by atoms with Crippen molar-refractivity contribution in [3.05, 3.63) is 145 Å². The van der Waals surface area contributed by atoms with Crippen molar-refractivity contribution >= 4 is 51.7 Å². The highest BCUT2D eigenvalue weighted by molar-refractivity contribution is 6.31. The van der Waals surface area contributed by atoms with Gasteiger partial charge < -0.3 is 14.2 Å². The van der Waals surface area contributed by atoms with Crippen LogP contribution in [0.4, 0.5) is 10.1 Å². The minimum absolute atomic E-state index is 0.0509. The molecule has 6 nitrogen and oxygen atoms in total. The number of carbonyl (C=O) groups is 2. The summed E-state index contributed by atoms with van der Waals surface area (Å²) in [7, 11) is 0. The van der Waals surface area contributed by atoms with Crippen LogP contribution in [-0.4, -0.2) is 16.7 Å². The number of hydrogen-bond donors (Lipinski definition) is 0. The van der Waals surface area contributed by atoms with Crippen LogP contribution in [0.5, 0.6) is 0 Å². The van der Waals surface area contributed by atoms with Crippen molar-refractivity contribution in [1.82, 2.24) is 4.90 Å². The van der Waals surface area contributed by atoms with E-state index < -0.39 is 28.6 Å². The summed E-state index contributed by atoms with van der Waals surface area (Å²) in [5, 5.41) is 0.892. The molecule has 2 aliphatic heterocycles. The Kier molecular flexibility index (Phi) is 5.78. The number of carbonyl (C=O) groups excluding carboxylic acids is 2. The molecule has 0 N–H and O–H groups in total. The molecule has 4 aromatic carbocycles. The van der Waals surface area contributed by atoms with Gasteiger partial charge in [-0.05, 0) is 53.6 Å². The van der Waals surface area contributed by atoms with E-state index in [4.69, 9.17) is 27.6 Å². The molecular formula is C32H19Cl2FN2O4. The fraction of sp³-hybridized carbons (Fsp3) is 0.0938. The minimum atomic E-state index is -1.87. The number of halogens is 3. The molecule has 3 heterocycles. The van der Waals surface area contributed by atoms with E-state index in [1.807, 2.05) is 12.1 Å². The van der Waals surface area contributed by atoms with Gasteiger partial charge in [0.15, 0.2) is 11.0 Å². The first-order chi connectivity index (χ1) is 19.8. The highest BCUT2D eigenvalue weighted by atomic mass is 35.5. The van der Waals surface area contributed by atoms with Gasteiger partial charge in [-0.15, -0.1) is 0 Å². The molecule has 0 saturated heterocycles. The Balaban J connectivity index is 1.52. The molecule has 0 saturated carbocycles. The Hall–Kier alpha value is -4.46. The van der Waals surface area contributed by atoms with Crippen molar-refractivity contribution in [2.75, 3.05) is 4.90 Å². The molecule has 202 valence electrons. The molecule has 0 bridgehead atoms. The van der Waals surface area contributed by atoms with E-state index in [9.17, 15) is 18.8 Å². The van der Waals surface area contributed by atoms with E-state index in [2.05, 4.69) is 0 Å². The van der Waals surface area contributed by atoms with Gasteiger partial charge in [0.2, 0.25) is 5.76 Å². The Morgan fingerprint density at radius 3 is 2.34 bits per heavy atom. The number of amides is 2. The van der Waals surface area contributed by atoms with Gasteiger partial charge in [0.25, 0.3) is 11.8 Å². The molecule has 2 aliphatic rings. The topological polar surface area (TPSA) is 70.8 Å². The predicted molar refractivity (Wildman–Crippen MR) is 154 cm³/mol. The van der Waals surface area contributed by atoms with Crippen LogP contribution in [0.15, 0.2) is 100 Å². The molecule has 9 heteroatoms. The van der Waals surface area contributed by atoms with Crippen LogP contribution in [0, 0.1) is 5.82 Å². The summed E-state index contributed by atoms with van der Waals surface area (Å²) in [4.78, 5) is 46.1. The van der Waals surface area contributed by atoms with Gasteiger partial charge in [0.1, 0.15) is 11.4 Å². The highest BCUT2D eigenvalue weighted by Gasteiger charge is 2.65. The van der Waals surface area contributed by atoms with Crippen molar-refractivity contribution in [2.45, 2.75) is 18.6 Å². The van der Waals surface area contributed by atoms with Gasteiger partial charge in [-0.1, -0.05) is 71.7 Å². The molecule has 0 fully saturated rings. The molecule has 1 atom stereocenters. The van der Waals surface area contributed by atoms with Crippen LogP contribution in [0.25, 0.3) is 11.0 Å². The smallest absolute Gasteiger partial charge is 0.291 e. The normalized spacial score (nSPS) is 17.5. The summed E-state index contributed by atoms with van der Waals surface area (Å²) < 4.78 is 20.3. The van der Waals surface area contributed by atoms with Crippen LogP contribution in [0.2, 0.25) is 10.0 Å². The summed E-state index contributed by atoms with van der Waals surface area (Å²) in [6.07, 6.45) is 0. The third-order valence-corrected chi connectivity index (χ3v) is 8.36. The predicted octanol–water partition coefficient (Wildman–Crippen LogP) is 6.69. The van der Waals surface area contributed by atoms with Crippen molar-refractivity contribution in [3.63, 3.8) is 0 Å². The second kappa shape index (κ2) is 9.29. The third-order valence-electron chi connectivity index (χ3n) is 7.74. The lowest BCUT2D eigenvalue weighted by molar-refractivity contribution is -0.126. The average Bonchev–Trinajstić information content (AvgIpc) is 3.36. The summed E-state index contributed by atoms with van der Waals surface area (Å²) in [5.74, 6) is -2.04. The van der Waals surface area contributed by atoms with Gasteiger partial charge in [-0.2, -0.15) is 0 Å².